The summed E-state index contributed by atoms with van der Waals surface area (Å²) < 4.78 is 0. The lowest BCUT2D eigenvalue weighted by molar-refractivity contribution is -0.122. The van der Waals surface area contributed by atoms with Crippen LogP contribution in [0.2, 0.25) is 0 Å². The Hall–Kier alpha value is -1.35. The summed E-state index contributed by atoms with van der Waals surface area (Å²) in [6.07, 6.45) is 2.61. The molecule has 0 aliphatic rings. The van der Waals surface area contributed by atoms with E-state index >= 15 is 0 Å². The van der Waals surface area contributed by atoms with Crippen LogP contribution in [0.4, 0.5) is 0 Å². The molecule has 0 radical (unpaired) electrons. The third kappa shape index (κ3) is 5.33. The van der Waals surface area contributed by atoms with Gasteiger partial charge in [-0.25, -0.2) is 0 Å². The molecule has 1 aromatic carbocycles. The first-order valence-corrected chi connectivity index (χ1v) is 7.43. The van der Waals surface area contributed by atoms with Crippen molar-refractivity contribution >= 4 is 5.91 Å². The average molecular weight is 277 g/mol. The van der Waals surface area contributed by atoms with Gasteiger partial charge in [0.1, 0.15) is 0 Å². The normalized spacial score (nSPS) is 13.0. The van der Waals surface area contributed by atoms with Crippen LogP contribution >= 0.6 is 0 Å². The highest BCUT2D eigenvalue weighted by atomic mass is 16.3. The molecule has 20 heavy (non-hydrogen) atoms. The molecule has 0 aromatic heterocycles. The van der Waals surface area contributed by atoms with Gasteiger partial charge >= 0.3 is 0 Å². The van der Waals surface area contributed by atoms with Crippen molar-refractivity contribution in [3.05, 3.63) is 35.9 Å². The SMILES string of the molecule is CCC(C(=O)NCCCC(C)(C)CO)c1ccccc1. The van der Waals surface area contributed by atoms with Gasteiger partial charge in [0, 0.05) is 13.2 Å². The van der Waals surface area contributed by atoms with E-state index in [-0.39, 0.29) is 23.8 Å². The topological polar surface area (TPSA) is 49.3 Å². The van der Waals surface area contributed by atoms with Gasteiger partial charge in [-0.15, -0.1) is 0 Å². The number of aliphatic hydroxyl groups is 1. The molecule has 0 heterocycles. The molecule has 0 aliphatic heterocycles. The van der Waals surface area contributed by atoms with Crippen LogP contribution in [-0.2, 0) is 4.79 Å². The van der Waals surface area contributed by atoms with E-state index in [9.17, 15) is 9.90 Å². The number of rotatable bonds is 8. The van der Waals surface area contributed by atoms with Crippen LogP contribution in [0.15, 0.2) is 30.3 Å². The monoisotopic (exact) mass is 277 g/mol. The molecule has 0 fully saturated rings. The summed E-state index contributed by atoms with van der Waals surface area (Å²) in [5, 5.41) is 12.2. The van der Waals surface area contributed by atoms with Gasteiger partial charge in [0.15, 0.2) is 0 Å². The van der Waals surface area contributed by atoms with Crippen LogP contribution in [0, 0.1) is 5.41 Å². The van der Waals surface area contributed by atoms with Crippen molar-refractivity contribution in [1.29, 1.82) is 0 Å². The molecule has 1 unspecified atom stereocenters. The minimum Gasteiger partial charge on any atom is -0.396 e. The molecule has 3 heteroatoms. The van der Waals surface area contributed by atoms with Crippen molar-refractivity contribution in [3.63, 3.8) is 0 Å². The van der Waals surface area contributed by atoms with E-state index in [1.165, 1.54) is 0 Å². The van der Waals surface area contributed by atoms with Crippen LogP contribution in [0.1, 0.15) is 51.5 Å². The van der Waals surface area contributed by atoms with Crippen LogP contribution < -0.4 is 5.32 Å². The fourth-order valence-corrected chi connectivity index (χ4v) is 2.24. The number of hydrogen-bond acceptors (Lipinski definition) is 2. The summed E-state index contributed by atoms with van der Waals surface area (Å²) in [6, 6.07) is 9.90. The molecule has 1 atom stereocenters. The van der Waals surface area contributed by atoms with Gasteiger partial charge in [0.25, 0.3) is 0 Å². The second-order valence-electron chi connectivity index (χ2n) is 6.09. The second-order valence-corrected chi connectivity index (χ2v) is 6.09. The number of hydrogen-bond donors (Lipinski definition) is 2. The molecular weight excluding hydrogens is 250 g/mol. The summed E-state index contributed by atoms with van der Waals surface area (Å²) in [5.41, 5.74) is 1.01. The number of carbonyl (C=O) groups is 1. The Labute approximate surface area is 122 Å². The molecule has 3 nitrogen and oxygen atoms in total. The molecular formula is C17H27NO2. The average Bonchev–Trinajstić information content (AvgIpc) is 2.45. The quantitative estimate of drug-likeness (QED) is 0.717. The van der Waals surface area contributed by atoms with Crippen molar-refractivity contribution in [2.75, 3.05) is 13.2 Å². The van der Waals surface area contributed by atoms with E-state index in [2.05, 4.69) is 5.32 Å². The summed E-state index contributed by atoms with van der Waals surface area (Å²) in [4.78, 5) is 12.2. The summed E-state index contributed by atoms with van der Waals surface area (Å²) in [7, 11) is 0. The van der Waals surface area contributed by atoms with Crippen molar-refractivity contribution < 1.29 is 9.90 Å². The molecule has 1 amide bonds. The standard InChI is InChI=1S/C17H27NO2/c1-4-15(14-9-6-5-7-10-14)16(20)18-12-8-11-17(2,3)13-19/h5-7,9-10,15,19H,4,8,11-13H2,1-3H3,(H,18,20). The van der Waals surface area contributed by atoms with E-state index in [0.717, 1.165) is 24.8 Å². The fraction of sp³-hybridized carbons (Fsp3) is 0.588. The van der Waals surface area contributed by atoms with Crippen molar-refractivity contribution in [2.45, 2.75) is 46.0 Å². The minimum atomic E-state index is -0.0675. The Morgan fingerprint density at radius 1 is 1.30 bits per heavy atom. The zero-order chi connectivity index (χ0) is 15.0. The van der Waals surface area contributed by atoms with Crippen LogP contribution in [0.5, 0.6) is 0 Å². The Bertz CT molecular complexity index is 401. The van der Waals surface area contributed by atoms with E-state index in [0.29, 0.717) is 6.54 Å². The number of benzene rings is 1. The van der Waals surface area contributed by atoms with E-state index in [4.69, 9.17) is 0 Å². The Balaban J connectivity index is 2.42. The maximum atomic E-state index is 12.2. The molecule has 0 spiro atoms. The molecule has 0 bridgehead atoms. The third-order valence-corrected chi connectivity index (χ3v) is 3.68. The number of amides is 1. The zero-order valence-corrected chi connectivity index (χ0v) is 12.9. The summed E-state index contributed by atoms with van der Waals surface area (Å²) >= 11 is 0. The highest BCUT2D eigenvalue weighted by Crippen LogP contribution is 2.21. The predicted octanol–water partition coefficient (Wildman–Crippen LogP) is 3.10. The Morgan fingerprint density at radius 2 is 1.95 bits per heavy atom. The molecule has 112 valence electrons. The molecule has 2 N–H and O–H groups in total. The summed E-state index contributed by atoms with van der Waals surface area (Å²) in [5.74, 6) is 0.0301. The van der Waals surface area contributed by atoms with Crippen molar-refractivity contribution in [1.82, 2.24) is 5.32 Å². The first-order chi connectivity index (χ1) is 9.50. The zero-order valence-electron chi connectivity index (χ0n) is 12.9. The third-order valence-electron chi connectivity index (χ3n) is 3.68. The lowest BCUT2D eigenvalue weighted by atomic mass is 9.89. The first kappa shape index (κ1) is 16.7. The largest absolute Gasteiger partial charge is 0.396 e. The highest BCUT2D eigenvalue weighted by molar-refractivity contribution is 5.83. The maximum Gasteiger partial charge on any atom is 0.227 e. The van der Waals surface area contributed by atoms with Gasteiger partial charge in [-0.3, -0.25) is 4.79 Å². The highest BCUT2D eigenvalue weighted by Gasteiger charge is 2.19. The molecule has 1 rings (SSSR count). The second kappa shape index (κ2) is 8.05. The van der Waals surface area contributed by atoms with Crippen LogP contribution in [-0.4, -0.2) is 24.2 Å². The van der Waals surface area contributed by atoms with Gasteiger partial charge in [0.05, 0.1) is 5.92 Å². The summed E-state index contributed by atoms with van der Waals surface area (Å²) in [6.45, 7) is 6.96. The van der Waals surface area contributed by atoms with Gasteiger partial charge in [-0.2, -0.15) is 0 Å². The van der Waals surface area contributed by atoms with Crippen molar-refractivity contribution in [2.24, 2.45) is 5.41 Å². The molecule has 1 aromatic rings. The minimum absolute atomic E-state index is 0.0612. The van der Waals surface area contributed by atoms with Crippen LogP contribution in [0.25, 0.3) is 0 Å². The molecule has 0 saturated carbocycles. The van der Waals surface area contributed by atoms with Gasteiger partial charge in [-0.1, -0.05) is 51.1 Å². The first-order valence-electron chi connectivity index (χ1n) is 7.43. The van der Waals surface area contributed by atoms with Gasteiger partial charge < -0.3 is 10.4 Å². The molecule has 0 aliphatic carbocycles. The molecule has 0 saturated heterocycles. The Morgan fingerprint density at radius 3 is 2.50 bits per heavy atom. The lowest BCUT2D eigenvalue weighted by Gasteiger charge is -2.21. The number of carbonyl (C=O) groups excluding carboxylic acids is 1. The number of aliphatic hydroxyl groups excluding tert-OH is 1. The van der Waals surface area contributed by atoms with E-state index in [1.54, 1.807) is 0 Å². The van der Waals surface area contributed by atoms with Gasteiger partial charge in [0.2, 0.25) is 5.91 Å². The van der Waals surface area contributed by atoms with Gasteiger partial charge in [-0.05, 0) is 30.2 Å². The smallest absolute Gasteiger partial charge is 0.227 e. The predicted molar refractivity (Wildman–Crippen MR) is 82.6 cm³/mol. The van der Waals surface area contributed by atoms with E-state index < -0.39 is 0 Å². The maximum absolute atomic E-state index is 12.2. The lowest BCUT2D eigenvalue weighted by Crippen LogP contribution is -2.30. The number of nitrogens with one attached hydrogen (secondary N) is 1. The van der Waals surface area contributed by atoms with E-state index in [1.807, 2.05) is 51.1 Å². The van der Waals surface area contributed by atoms with Crippen LogP contribution in [0.3, 0.4) is 0 Å². The van der Waals surface area contributed by atoms with Crippen molar-refractivity contribution in [3.8, 4) is 0 Å². The fourth-order valence-electron chi connectivity index (χ4n) is 2.24. The Kier molecular flexibility index (Phi) is 6.73.